The topological polar surface area (TPSA) is 0 Å². The first-order valence-electron chi connectivity index (χ1n) is 9.63. The maximum absolute atomic E-state index is 2.30. The number of fused-ring (bicyclic) bond motifs is 2. The van der Waals surface area contributed by atoms with Crippen molar-refractivity contribution in [2.75, 3.05) is 0 Å². The summed E-state index contributed by atoms with van der Waals surface area (Å²) in [5, 5.41) is 7.70. The molecule has 0 amide bonds. The lowest BCUT2D eigenvalue weighted by Crippen LogP contribution is -2.15. The summed E-state index contributed by atoms with van der Waals surface area (Å²) in [6, 6.07) is 38.6. The van der Waals surface area contributed by atoms with Gasteiger partial charge in [-0.05, 0) is 55.3 Å². The Morgan fingerprint density at radius 2 is 0.607 bits per heavy atom. The predicted molar refractivity (Wildman–Crippen MR) is 121 cm³/mol. The lowest BCUT2D eigenvalue weighted by Gasteiger charge is -2.08. The summed E-state index contributed by atoms with van der Waals surface area (Å²) in [6.07, 6.45) is 4.61. The molecule has 5 aromatic rings. The van der Waals surface area contributed by atoms with Gasteiger partial charge in [0.15, 0.2) is 0 Å². The number of hydrogen-bond donors (Lipinski definition) is 0. The molecule has 0 saturated carbocycles. The highest BCUT2D eigenvalue weighted by Gasteiger charge is 2.05. The molecule has 5 rings (SSSR count). The van der Waals surface area contributed by atoms with Crippen LogP contribution in [-0.2, 0) is 0 Å². The van der Waals surface area contributed by atoms with Crippen molar-refractivity contribution in [2.24, 2.45) is 0 Å². The minimum atomic E-state index is 1.22. The number of hydrogen-bond acceptors (Lipinski definition) is 0. The fraction of sp³-hybridized carbons (Fsp3) is 0. The molecule has 28 heavy (non-hydrogen) atoms. The first kappa shape index (κ1) is 16.5. The number of rotatable bonds is 2. The van der Waals surface area contributed by atoms with E-state index in [1.807, 2.05) is 0 Å². The van der Waals surface area contributed by atoms with Gasteiger partial charge >= 0.3 is 0 Å². The van der Waals surface area contributed by atoms with E-state index < -0.39 is 0 Å². The Bertz CT molecular complexity index is 1210. The second kappa shape index (κ2) is 7.17. The third kappa shape index (κ3) is 3.00. The molecule has 0 aromatic heterocycles. The van der Waals surface area contributed by atoms with Crippen LogP contribution in [0, 0.1) is 0 Å². The summed E-state index contributed by atoms with van der Waals surface area (Å²) < 4.78 is 0. The van der Waals surface area contributed by atoms with Crippen molar-refractivity contribution in [1.82, 2.24) is 0 Å². The monoisotopic (exact) mass is 356 g/mol. The lowest BCUT2D eigenvalue weighted by molar-refractivity contribution is 1.61. The molecule has 0 atom stereocenters. The highest BCUT2D eigenvalue weighted by Crippen LogP contribution is 2.15. The van der Waals surface area contributed by atoms with Gasteiger partial charge in [0.05, 0.1) is 0 Å². The van der Waals surface area contributed by atoms with Gasteiger partial charge in [0.2, 0.25) is 0 Å². The molecule has 0 fully saturated rings. The molecule has 0 spiro atoms. The molecule has 132 valence electrons. The van der Waals surface area contributed by atoms with E-state index in [1.165, 1.54) is 43.1 Å². The van der Waals surface area contributed by atoms with Crippen LogP contribution in [0.25, 0.3) is 33.7 Å². The van der Waals surface area contributed by atoms with Crippen molar-refractivity contribution >= 4 is 33.7 Å². The summed E-state index contributed by atoms with van der Waals surface area (Å²) in [4.78, 5) is 0. The van der Waals surface area contributed by atoms with E-state index in [2.05, 4.69) is 121 Å². The van der Waals surface area contributed by atoms with E-state index in [0.717, 1.165) is 0 Å². The Balaban J connectivity index is 1.98. The zero-order chi connectivity index (χ0) is 18.8. The van der Waals surface area contributed by atoms with Gasteiger partial charge < -0.3 is 0 Å². The van der Waals surface area contributed by atoms with Crippen molar-refractivity contribution in [1.29, 1.82) is 0 Å². The molecule has 0 aliphatic carbocycles. The van der Waals surface area contributed by atoms with E-state index >= 15 is 0 Å². The third-order valence-electron chi connectivity index (χ3n) is 5.24. The van der Waals surface area contributed by atoms with Gasteiger partial charge in [-0.3, -0.25) is 0 Å². The second-order valence-electron chi connectivity index (χ2n) is 7.03. The zero-order valence-electron chi connectivity index (χ0n) is 15.5. The molecule has 0 heteroatoms. The molecule has 0 N–H and O–H groups in total. The van der Waals surface area contributed by atoms with Crippen molar-refractivity contribution < 1.29 is 0 Å². The molecule has 0 aliphatic rings. The number of benzene rings is 5. The van der Waals surface area contributed by atoms with Gasteiger partial charge in [0, 0.05) is 0 Å². The van der Waals surface area contributed by atoms with Crippen LogP contribution < -0.4 is 10.4 Å². The van der Waals surface area contributed by atoms with E-state index in [0.29, 0.717) is 0 Å². The van der Waals surface area contributed by atoms with Gasteiger partial charge in [-0.1, -0.05) is 109 Å². The molecule has 0 bridgehead atoms. The smallest absolute Gasteiger partial charge is 0.00930 e. The first-order valence-corrected chi connectivity index (χ1v) is 9.63. The maximum atomic E-state index is 2.30. The van der Waals surface area contributed by atoms with Crippen LogP contribution in [0.5, 0.6) is 0 Å². The minimum absolute atomic E-state index is 1.22. The zero-order valence-corrected chi connectivity index (χ0v) is 15.5. The van der Waals surface area contributed by atoms with E-state index in [9.17, 15) is 0 Å². The normalized spacial score (nSPS) is 10.9. The molecule has 0 nitrogen and oxygen atoms in total. The van der Waals surface area contributed by atoms with Crippen LogP contribution >= 0.6 is 0 Å². The molecular weight excluding hydrogens is 336 g/mol. The van der Waals surface area contributed by atoms with Crippen LogP contribution in [0.1, 0.15) is 11.1 Å². The predicted octanol–water partition coefficient (Wildman–Crippen LogP) is 5.65. The summed E-state index contributed by atoms with van der Waals surface area (Å²) in [7, 11) is 0. The molecule has 0 radical (unpaired) electrons. The fourth-order valence-corrected chi connectivity index (χ4v) is 3.94. The standard InChI is InChI=1S/C28H20/c1-3-11-21(12-4-1)19-27-23-15-7-9-17-25(23)28(20-22-13-5-2-6-14-22)26-18-10-8-16-24(26)27/h1-20H. The van der Waals surface area contributed by atoms with Crippen LogP contribution in [0.15, 0.2) is 109 Å². The summed E-state index contributed by atoms with van der Waals surface area (Å²) in [5.74, 6) is 0. The van der Waals surface area contributed by atoms with Crippen molar-refractivity contribution in [2.45, 2.75) is 0 Å². The van der Waals surface area contributed by atoms with Gasteiger partial charge in [0.1, 0.15) is 0 Å². The summed E-state index contributed by atoms with van der Waals surface area (Å²) >= 11 is 0. The largest absolute Gasteiger partial charge is 0.0622 e. The Labute approximate surface area is 164 Å². The summed E-state index contributed by atoms with van der Waals surface area (Å²) in [6.45, 7) is 0. The summed E-state index contributed by atoms with van der Waals surface area (Å²) in [5.41, 5.74) is 2.44. The molecule has 5 aromatic carbocycles. The second-order valence-corrected chi connectivity index (χ2v) is 7.03. The van der Waals surface area contributed by atoms with E-state index in [-0.39, 0.29) is 0 Å². The van der Waals surface area contributed by atoms with Crippen LogP contribution in [0.4, 0.5) is 0 Å². The van der Waals surface area contributed by atoms with Gasteiger partial charge in [0.25, 0.3) is 0 Å². The minimum Gasteiger partial charge on any atom is -0.0622 e. The fourth-order valence-electron chi connectivity index (χ4n) is 3.94. The molecule has 0 aliphatic heterocycles. The first-order chi connectivity index (χ1) is 13.9. The SMILES string of the molecule is C(c1ccccc1)=c1c2ccccc2c(=Cc2ccccc2)c2ccccc12. The van der Waals surface area contributed by atoms with Crippen LogP contribution in [0.2, 0.25) is 0 Å². The Hall–Kier alpha value is -3.64. The van der Waals surface area contributed by atoms with Gasteiger partial charge in [-0.15, -0.1) is 0 Å². The Morgan fingerprint density at radius 3 is 0.929 bits per heavy atom. The highest BCUT2D eigenvalue weighted by molar-refractivity contribution is 6.01. The average molecular weight is 356 g/mol. The highest BCUT2D eigenvalue weighted by atomic mass is 14.1. The Kier molecular flexibility index (Phi) is 4.23. The quantitative estimate of drug-likeness (QED) is 0.359. The van der Waals surface area contributed by atoms with Gasteiger partial charge in [-0.25, -0.2) is 0 Å². The van der Waals surface area contributed by atoms with Crippen molar-refractivity contribution in [3.63, 3.8) is 0 Å². The molecule has 0 saturated heterocycles. The third-order valence-corrected chi connectivity index (χ3v) is 5.24. The van der Waals surface area contributed by atoms with Crippen LogP contribution in [0.3, 0.4) is 0 Å². The molecule has 0 unspecified atom stereocenters. The van der Waals surface area contributed by atoms with Crippen molar-refractivity contribution in [3.8, 4) is 0 Å². The van der Waals surface area contributed by atoms with E-state index in [4.69, 9.17) is 0 Å². The maximum Gasteiger partial charge on any atom is -0.00930 e. The Morgan fingerprint density at radius 1 is 0.321 bits per heavy atom. The average Bonchev–Trinajstić information content (AvgIpc) is 2.77. The van der Waals surface area contributed by atoms with Crippen molar-refractivity contribution in [3.05, 3.63) is 131 Å². The van der Waals surface area contributed by atoms with Gasteiger partial charge in [-0.2, -0.15) is 0 Å². The molecule has 0 heterocycles. The van der Waals surface area contributed by atoms with E-state index in [1.54, 1.807) is 0 Å². The molecular formula is C28H20. The lowest BCUT2D eigenvalue weighted by atomic mass is 9.95. The van der Waals surface area contributed by atoms with Crippen LogP contribution in [-0.4, -0.2) is 0 Å².